The van der Waals surface area contributed by atoms with Gasteiger partial charge in [0.2, 0.25) is 0 Å². The van der Waals surface area contributed by atoms with Crippen LogP contribution in [0.25, 0.3) is 0 Å². The number of likely N-dealkylation sites (N-methyl/N-ethyl adjacent to an activating group) is 1. The second-order valence-corrected chi connectivity index (χ2v) is 4.07. The standard InChI is InChI=1S/C10H20N2O/c1-11-9-4-7-13-8-10(9)12-5-2-3-6-12/h9-11H,2-8H2,1H3. The number of nitrogens with zero attached hydrogens (tertiary/aromatic N) is 1. The fraction of sp³-hybridized carbons (Fsp3) is 1.00. The van der Waals surface area contributed by atoms with Gasteiger partial charge in [-0.05, 0) is 39.4 Å². The molecule has 2 unspecified atom stereocenters. The monoisotopic (exact) mass is 184 g/mol. The van der Waals surface area contributed by atoms with Crippen LogP contribution in [0.1, 0.15) is 19.3 Å². The fourth-order valence-electron chi connectivity index (χ4n) is 2.49. The van der Waals surface area contributed by atoms with Crippen molar-refractivity contribution in [3.63, 3.8) is 0 Å². The van der Waals surface area contributed by atoms with Crippen LogP contribution in [0.4, 0.5) is 0 Å². The molecular weight excluding hydrogens is 164 g/mol. The molecule has 0 aliphatic carbocycles. The van der Waals surface area contributed by atoms with Gasteiger partial charge in [0.15, 0.2) is 0 Å². The first-order valence-corrected chi connectivity index (χ1v) is 5.41. The minimum atomic E-state index is 0.626. The lowest BCUT2D eigenvalue weighted by Gasteiger charge is -2.37. The van der Waals surface area contributed by atoms with Crippen LogP contribution in [0, 0.1) is 0 Å². The van der Waals surface area contributed by atoms with Crippen LogP contribution in [-0.2, 0) is 4.74 Å². The molecule has 0 aromatic carbocycles. The molecule has 2 saturated heterocycles. The van der Waals surface area contributed by atoms with Crippen molar-refractivity contribution in [3.05, 3.63) is 0 Å². The second kappa shape index (κ2) is 4.40. The highest BCUT2D eigenvalue weighted by Crippen LogP contribution is 2.19. The van der Waals surface area contributed by atoms with E-state index in [9.17, 15) is 0 Å². The number of nitrogens with one attached hydrogen (secondary N) is 1. The third-order valence-electron chi connectivity index (χ3n) is 3.31. The molecular formula is C10H20N2O. The topological polar surface area (TPSA) is 24.5 Å². The predicted octanol–water partition coefficient (Wildman–Crippen LogP) is 0.459. The molecule has 0 aromatic rings. The third-order valence-corrected chi connectivity index (χ3v) is 3.31. The average molecular weight is 184 g/mol. The number of hydrogen-bond donors (Lipinski definition) is 1. The van der Waals surface area contributed by atoms with Crippen LogP contribution < -0.4 is 5.32 Å². The summed E-state index contributed by atoms with van der Waals surface area (Å²) in [5.74, 6) is 0. The van der Waals surface area contributed by atoms with E-state index in [1.165, 1.54) is 25.9 Å². The lowest BCUT2D eigenvalue weighted by Crippen LogP contribution is -2.53. The highest BCUT2D eigenvalue weighted by Gasteiger charge is 2.30. The van der Waals surface area contributed by atoms with E-state index in [2.05, 4.69) is 17.3 Å². The first kappa shape index (κ1) is 9.44. The molecule has 2 aliphatic heterocycles. The maximum Gasteiger partial charge on any atom is 0.0637 e. The summed E-state index contributed by atoms with van der Waals surface area (Å²) in [6, 6.07) is 1.27. The highest BCUT2D eigenvalue weighted by molar-refractivity contribution is 4.88. The number of hydrogen-bond acceptors (Lipinski definition) is 3. The predicted molar refractivity (Wildman–Crippen MR) is 52.9 cm³/mol. The Balaban J connectivity index is 1.93. The van der Waals surface area contributed by atoms with E-state index < -0.39 is 0 Å². The Labute approximate surface area is 80.4 Å². The average Bonchev–Trinajstić information content (AvgIpc) is 2.70. The van der Waals surface area contributed by atoms with Gasteiger partial charge in [0.25, 0.3) is 0 Å². The molecule has 3 heteroatoms. The smallest absolute Gasteiger partial charge is 0.0637 e. The summed E-state index contributed by atoms with van der Waals surface area (Å²) in [6.07, 6.45) is 3.90. The Morgan fingerprint density at radius 1 is 1.31 bits per heavy atom. The van der Waals surface area contributed by atoms with Crippen molar-refractivity contribution in [2.75, 3.05) is 33.4 Å². The van der Waals surface area contributed by atoms with E-state index in [0.29, 0.717) is 12.1 Å². The van der Waals surface area contributed by atoms with Crippen molar-refractivity contribution in [2.45, 2.75) is 31.3 Å². The van der Waals surface area contributed by atoms with Crippen molar-refractivity contribution in [1.29, 1.82) is 0 Å². The van der Waals surface area contributed by atoms with Crippen molar-refractivity contribution in [1.82, 2.24) is 10.2 Å². The van der Waals surface area contributed by atoms with E-state index in [1.54, 1.807) is 0 Å². The zero-order valence-corrected chi connectivity index (χ0v) is 8.46. The molecule has 0 aromatic heterocycles. The molecule has 2 atom stereocenters. The Bertz CT molecular complexity index is 155. The molecule has 1 N–H and O–H groups in total. The van der Waals surface area contributed by atoms with E-state index in [0.717, 1.165) is 19.6 Å². The third kappa shape index (κ3) is 2.03. The Morgan fingerprint density at radius 2 is 2.08 bits per heavy atom. The highest BCUT2D eigenvalue weighted by atomic mass is 16.5. The molecule has 0 spiro atoms. The minimum absolute atomic E-state index is 0.626. The molecule has 0 amide bonds. The Hall–Kier alpha value is -0.120. The summed E-state index contributed by atoms with van der Waals surface area (Å²) in [5, 5.41) is 3.41. The first-order chi connectivity index (χ1) is 6.42. The second-order valence-electron chi connectivity index (χ2n) is 4.07. The molecule has 0 saturated carbocycles. The summed E-state index contributed by atoms with van der Waals surface area (Å²) >= 11 is 0. The molecule has 76 valence electrons. The van der Waals surface area contributed by atoms with Gasteiger partial charge in [0, 0.05) is 18.7 Å². The molecule has 13 heavy (non-hydrogen) atoms. The first-order valence-electron chi connectivity index (χ1n) is 5.41. The maximum absolute atomic E-state index is 5.54. The van der Waals surface area contributed by atoms with Gasteiger partial charge in [-0.1, -0.05) is 0 Å². The largest absolute Gasteiger partial charge is 0.380 e. The van der Waals surface area contributed by atoms with Gasteiger partial charge in [0.05, 0.1) is 6.61 Å². The molecule has 3 nitrogen and oxygen atoms in total. The Morgan fingerprint density at radius 3 is 2.77 bits per heavy atom. The van der Waals surface area contributed by atoms with E-state index in [1.807, 2.05) is 0 Å². The zero-order chi connectivity index (χ0) is 9.10. The van der Waals surface area contributed by atoms with Gasteiger partial charge in [0.1, 0.15) is 0 Å². The molecule has 2 aliphatic rings. The van der Waals surface area contributed by atoms with Gasteiger partial charge in [-0.2, -0.15) is 0 Å². The maximum atomic E-state index is 5.54. The summed E-state index contributed by atoms with van der Waals surface area (Å²) in [6.45, 7) is 4.39. The minimum Gasteiger partial charge on any atom is -0.380 e. The lowest BCUT2D eigenvalue weighted by molar-refractivity contribution is 0.00700. The summed E-state index contributed by atoms with van der Waals surface area (Å²) in [4.78, 5) is 2.58. The van der Waals surface area contributed by atoms with Crippen LogP contribution in [0.2, 0.25) is 0 Å². The van der Waals surface area contributed by atoms with Crippen LogP contribution in [0.15, 0.2) is 0 Å². The van der Waals surface area contributed by atoms with Crippen LogP contribution in [0.3, 0.4) is 0 Å². The van der Waals surface area contributed by atoms with E-state index >= 15 is 0 Å². The Kier molecular flexibility index (Phi) is 3.19. The summed E-state index contributed by atoms with van der Waals surface area (Å²) in [7, 11) is 2.07. The molecule has 2 rings (SSSR count). The van der Waals surface area contributed by atoms with E-state index in [4.69, 9.17) is 4.74 Å². The van der Waals surface area contributed by atoms with E-state index in [-0.39, 0.29) is 0 Å². The molecule has 2 heterocycles. The van der Waals surface area contributed by atoms with Gasteiger partial charge in [-0.3, -0.25) is 4.90 Å². The lowest BCUT2D eigenvalue weighted by atomic mass is 10.0. The summed E-state index contributed by atoms with van der Waals surface area (Å²) in [5.41, 5.74) is 0. The van der Waals surface area contributed by atoms with Crippen LogP contribution in [0.5, 0.6) is 0 Å². The van der Waals surface area contributed by atoms with Gasteiger partial charge in [-0.25, -0.2) is 0 Å². The summed E-state index contributed by atoms with van der Waals surface area (Å²) < 4.78 is 5.54. The quantitative estimate of drug-likeness (QED) is 0.675. The molecule has 2 fully saturated rings. The fourth-order valence-corrected chi connectivity index (χ4v) is 2.49. The zero-order valence-electron chi connectivity index (χ0n) is 8.46. The normalized spacial score (nSPS) is 36.7. The van der Waals surface area contributed by atoms with Crippen molar-refractivity contribution < 1.29 is 4.74 Å². The van der Waals surface area contributed by atoms with Gasteiger partial charge >= 0.3 is 0 Å². The van der Waals surface area contributed by atoms with Crippen molar-refractivity contribution in [3.8, 4) is 0 Å². The number of ether oxygens (including phenoxy) is 1. The SMILES string of the molecule is CNC1CCOCC1N1CCCC1. The van der Waals surface area contributed by atoms with Gasteiger partial charge < -0.3 is 10.1 Å². The number of rotatable bonds is 2. The van der Waals surface area contributed by atoms with Crippen LogP contribution in [-0.4, -0.2) is 50.3 Å². The molecule has 0 radical (unpaired) electrons. The van der Waals surface area contributed by atoms with Crippen molar-refractivity contribution in [2.24, 2.45) is 0 Å². The van der Waals surface area contributed by atoms with Gasteiger partial charge in [-0.15, -0.1) is 0 Å². The van der Waals surface area contributed by atoms with Crippen LogP contribution >= 0.6 is 0 Å². The van der Waals surface area contributed by atoms with Crippen molar-refractivity contribution >= 4 is 0 Å². The number of likely N-dealkylation sites (tertiary alicyclic amines) is 1. The molecule has 0 bridgehead atoms.